The molecule has 0 radical (unpaired) electrons. The van der Waals surface area contributed by atoms with Crippen LogP contribution in [-0.2, 0) is 25.8 Å². The number of fused-ring (bicyclic) bond motifs is 2. The number of carbonyl (C=O) groups excluding carboxylic acids is 2. The van der Waals surface area contributed by atoms with Crippen molar-refractivity contribution in [2.75, 3.05) is 17.2 Å². The minimum absolute atomic E-state index is 0.0210. The highest BCUT2D eigenvalue weighted by atomic mass is 32.2. The SMILES string of the molecule is Nc1nc(C(=NOCc2ccc(C(=O)O)c(O)c2O)C(=O)N[C@@H]2C(=O)N3C(C(=O)O)=C(CSc4cc(C(=O)O)nc5cnnn45)CS[C@H]23)cs1. The van der Waals surface area contributed by atoms with E-state index in [1.807, 2.05) is 0 Å². The van der Waals surface area contributed by atoms with Crippen LogP contribution in [0.2, 0.25) is 0 Å². The number of carbonyl (C=O) groups is 5. The number of carboxylic acid groups (broad SMARTS) is 3. The van der Waals surface area contributed by atoms with Crippen molar-refractivity contribution in [3.05, 3.63) is 63.6 Å². The smallest absolute Gasteiger partial charge is 0.354 e. The van der Waals surface area contributed by atoms with Crippen LogP contribution in [-0.4, -0.2) is 114 Å². The van der Waals surface area contributed by atoms with E-state index in [0.29, 0.717) is 10.6 Å². The number of nitrogens with two attached hydrogens (primary N) is 1. The Labute approximate surface area is 290 Å². The van der Waals surface area contributed by atoms with E-state index < -0.39 is 70.5 Å². The third-order valence-corrected chi connectivity index (χ3v) is 10.3. The Balaban J connectivity index is 1.18. The summed E-state index contributed by atoms with van der Waals surface area (Å²) in [5.41, 5.74) is 4.69. The van der Waals surface area contributed by atoms with Gasteiger partial charge in [-0.05, 0) is 11.6 Å². The first-order chi connectivity index (χ1) is 23.8. The van der Waals surface area contributed by atoms with E-state index in [1.54, 1.807) is 0 Å². The largest absolute Gasteiger partial charge is 0.504 e. The third-order valence-electron chi connectivity index (χ3n) is 7.21. The van der Waals surface area contributed by atoms with Crippen LogP contribution in [0.5, 0.6) is 11.5 Å². The van der Waals surface area contributed by atoms with Gasteiger partial charge in [0.15, 0.2) is 33.7 Å². The van der Waals surface area contributed by atoms with Crippen molar-refractivity contribution in [2.24, 2.45) is 5.16 Å². The van der Waals surface area contributed by atoms with Gasteiger partial charge in [0.05, 0.1) is 6.20 Å². The number of phenols is 2. The molecule has 0 bridgehead atoms. The number of benzene rings is 1. The Bertz CT molecular complexity index is 2170. The fourth-order valence-corrected chi connectivity index (χ4v) is 7.88. The Hall–Kier alpha value is -5.94. The van der Waals surface area contributed by atoms with Gasteiger partial charge in [-0.25, -0.2) is 24.4 Å². The molecule has 4 aromatic rings. The van der Waals surface area contributed by atoms with Crippen LogP contribution >= 0.6 is 34.9 Å². The summed E-state index contributed by atoms with van der Waals surface area (Å²) in [4.78, 5) is 76.2. The molecule has 8 N–H and O–H groups in total. The molecule has 1 fully saturated rings. The number of aromatic hydroxyl groups is 2. The molecule has 2 amide bonds. The quantitative estimate of drug-likeness (QED) is 0.0258. The average Bonchev–Trinajstić information content (AvgIpc) is 3.74. The number of oxime groups is 1. The van der Waals surface area contributed by atoms with Crippen LogP contribution in [0.25, 0.3) is 5.65 Å². The number of amides is 2. The molecule has 20 nitrogen and oxygen atoms in total. The number of aromatic nitrogens is 5. The molecule has 50 heavy (non-hydrogen) atoms. The molecule has 5 heterocycles. The van der Waals surface area contributed by atoms with Gasteiger partial charge < -0.3 is 41.4 Å². The topological polar surface area (TPSA) is 305 Å². The van der Waals surface area contributed by atoms with E-state index >= 15 is 0 Å². The summed E-state index contributed by atoms with van der Waals surface area (Å²) in [6, 6.07) is 2.32. The summed E-state index contributed by atoms with van der Waals surface area (Å²) >= 11 is 3.26. The maximum atomic E-state index is 13.4. The molecule has 23 heteroatoms. The third kappa shape index (κ3) is 6.30. The molecular weight excluding hydrogens is 723 g/mol. The first-order valence-electron chi connectivity index (χ1n) is 13.8. The number of phenolic OH excluding ortho intramolecular Hbond substituents is 1. The minimum atomic E-state index is -1.47. The number of thioether (sulfide) groups is 2. The number of thiazole rings is 1. The Kier molecular flexibility index (Phi) is 9.18. The number of β-lactam (4-membered cyclic amide) rings is 1. The monoisotopic (exact) mass is 743 g/mol. The number of nitrogen functional groups attached to an aromatic ring is 1. The lowest BCUT2D eigenvalue weighted by atomic mass is 10.0. The van der Waals surface area contributed by atoms with E-state index in [9.17, 15) is 44.4 Å². The molecular formula is C27H21N9O11S3. The van der Waals surface area contributed by atoms with Crippen LogP contribution in [0.15, 0.2) is 51.2 Å². The number of aromatic carboxylic acids is 2. The van der Waals surface area contributed by atoms with Gasteiger partial charge in [0.2, 0.25) is 0 Å². The number of nitrogens with zero attached hydrogens (tertiary/aromatic N) is 7. The van der Waals surface area contributed by atoms with Crippen molar-refractivity contribution in [3.63, 3.8) is 0 Å². The highest BCUT2D eigenvalue weighted by Gasteiger charge is 2.54. The van der Waals surface area contributed by atoms with Crippen molar-refractivity contribution in [1.29, 1.82) is 0 Å². The van der Waals surface area contributed by atoms with Crippen molar-refractivity contribution in [3.8, 4) is 11.5 Å². The van der Waals surface area contributed by atoms with E-state index in [-0.39, 0.29) is 44.9 Å². The second-order valence-corrected chi connectivity index (χ2v) is 13.2. The highest BCUT2D eigenvalue weighted by Crippen LogP contribution is 2.42. The second-order valence-electron chi connectivity index (χ2n) is 10.3. The van der Waals surface area contributed by atoms with E-state index in [2.05, 4.69) is 30.8 Å². The average molecular weight is 744 g/mol. The number of rotatable bonds is 12. The van der Waals surface area contributed by atoms with E-state index in [4.69, 9.17) is 15.7 Å². The normalized spacial score (nSPS) is 17.3. The summed E-state index contributed by atoms with van der Waals surface area (Å²) in [5.74, 6) is -7.23. The molecule has 2 aliphatic heterocycles. The van der Waals surface area contributed by atoms with Gasteiger partial charge in [0.25, 0.3) is 11.8 Å². The van der Waals surface area contributed by atoms with Crippen molar-refractivity contribution < 1.29 is 54.3 Å². The van der Waals surface area contributed by atoms with Crippen LogP contribution in [0.1, 0.15) is 32.1 Å². The summed E-state index contributed by atoms with van der Waals surface area (Å²) in [6.45, 7) is -0.516. The molecule has 0 spiro atoms. The number of aliphatic carboxylic acids is 1. The lowest BCUT2D eigenvalue weighted by Gasteiger charge is -2.49. The first kappa shape index (κ1) is 33.9. The molecule has 1 aromatic carbocycles. The predicted molar refractivity (Wildman–Crippen MR) is 173 cm³/mol. The molecule has 2 atom stereocenters. The number of anilines is 1. The van der Waals surface area contributed by atoms with Gasteiger partial charge in [0, 0.05) is 28.5 Å². The van der Waals surface area contributed by atoms with Gasteiger partial charge in [-0.3, -0.25) is 14.5 Å². The predicted octanol–water partition coefficient (Wildman–Crippen LogP) is 0.422. The van der Waals surface area contributed by atoms with Gasteiger partial charge in [-0.1, -0.05) is 16.4 Å². The van der Waals surface area contributed by atoms with E-state index in [0.717, 1.165) is 34.1 Å². The Morgan fingerprint density at radius 1 is 1.08 bits per heavy atom. The zero-order valence-corrected chi connectivity index (χ0v) is 27.2. The molecule has 258 valence electrons. The number of hydrogen-bond donors (Lipinski definition) is 7. The Morgan fingerprint density at radius 2 is 1.86 bits per heavy atom. The minimum Gasteiger partial charge on any atom is -0.504 e. The summed E-state index contributed by atoms with van der Waals surface area (Å²) in [6.07, 6.45) is 1.27. The molecule has 2 aliphatic rings. The van der Waals surface area contributed by atoms with Crippen molar-refractivity contribution >= 4 is 81.1 Å². The maximum absolute atomic E-state index is 13.4. The molecule has 1 saturated heterocycles. The zero-order chi connectivity index (χ0) is 35.9. The molecule has 0 aliphatic carbocycles. The fraction of sp³-hybridized carbons (Fsp3) is 0.185. The summed E-state index contributed by atoms with van der Waals surface area (Å²) in [7, 11) is 0. The van der Waals surface area contributed by atoms with Crippen molar-refractivity contribution in [2.45, 2.75) is 23.0 Å². The second kappa shape index (κ2) is 13.5. The van der Waals surface area contributed by atoms with Gasteiger partial charge >= 0.3 is 17.9 Å². The highest BCUT2D eigenvalue weighted by molar-refractivity contribution is 8.01. The fourth-order valence-electron chi connectivity index (χ4n) is 4.85. The maximum Gasteiger partial charge on any atom is 0.354 e. The molecule has 0 unspecified atom stereocenters. The Morgan fingerprint density at radius 3 is 2.54 bits per heavy atom. The molecule has 0 saturated carbocycles. The van der Waals surface area contributed by atoms with Gasteiger partial charge in [-0.2, -0.15) is 4.52 Å². The number of nitrogens with one attached hydrogen (secondary N) is 1. The molecule has 6 rings (SSSR count). The lowest BCUT2D eigenvalue weighted by Crippen LogP contribution is -2.71. The summed E-state index contributed by atoms with van der Waals surface area (Å²) < 4.78 is 1.30. The van der Waals surface area contributed by atoms with Crippen molar-refractivity contribution in [1.82, 2.24) is 35.0 Å². The standard InChI is InChI=1S/C27H21N9O11S3/c28-27-31-13(8-50-27)16(33-47-5-9-1-2-11(24(41)42)20(38)19(9)37)21(39)32-17-22(40)35-18(26(45)46)10(7-49-23(17)35)6-48-15-3-12(25(43)44)30-14-4-29-34-36(14)15/h1-4,8,17,23,37-38H,5-7H2,(H2,28,31)(H,32,39)(H,41,42)(H,43,44)(H,45,46)/t17-,23-/m1/s1. The lowest BCUT2D eigenvalue weighted by molar-refractivity contribution is -0.150. The van der Waals surface area contributed by atoms with Crippen LogP contribution < -0.4 is 11.1 Å². The number of hydrogen-bond acceptors (Lipinski definition) is 17. The van der Waals surface area contributed by atoms with E-state index in [1.165, 1.54) is 40.0 Å². The molecule has 3 aromatic heterocycles. The first-order valence-corrected chi connectivity index (χ1v) is 16.7. The zero-order valence-electron chi connectivity index (χ0n) is 24.8. The number of carboxylic acids is 3. The van der Waals surface area contributed by atoms with Crippen LogP contribution in [0.3, 0.4) is 0 Å². The summed E-state index contributed by atoms with van der Waals surface area (Å²) in [5, 5.41) is 63.7. The van der Waals surface area contributed by atoms with Gasteiger partial charge in [0.1, 0.15) is 40.0 Å². The van der Waals surface area contributed by atoms with Crippen LogP contribution in [0.4, 0.5) is 5.13 Å². The van der Waals surface area contributed by atoms with Crippen LogP contribution in [0, 0.1) is 0 Å². The van der Waals surface area contributed by atoms with Gasteiger partial charge in [-0.15, -0.1) is 40.0 Å².